The first-order valence-electron chi connectivity index (χ1n) is 10.3. The molecule has 0 aliphatic rings. The molecule has 3 rings (SSSR count). The molecule has 0 radical (unpaired) electrons. The van der Waals surface area contributed by atoms with Gasteiger partial charge in [0.25, 0.3) is 0 Å². The topological polar surface area (TPSA) is 60.2 Å². The Balaban J connectivity index is 2.21. The quantitative estimate of drug-likeness (QED) is 0.604. The van der Waals surface area contributed by atoms with E-state index < -0.39 is 0 Å². The molecule has 5 heteroatoms. The number of rotatable bonds is 8. The SMILES string of the molecule is CCOc1ccc(-c2nc3c(C)cn([C@H](CC)CO)c3cc2CC)c(CC)n1. The fourth-order valence-electron chi connectivity index (χ4n) is 3.78. The Morgan fingerprint density at radius 1 is 1.11 bits per heavy atom. The lowest BCUT2D eigenvalue weighted by atomic mass is 10.0. The van der Waals surface area contributed by atoms with Gasteiger partial charge in [-0.1, -0.05) is 20.8 Å². The van der Waals surface area contributed by atoms with Gasteiger partial charge in [-0.15, -0.1) is 0 Å². The first-order valence-corrected chi connectivity index (χ1v) is 10.3. The van der Waals surface area contributed by atoms with Crippen LogP contribution in [0.3, 0.4) is 0 Å². The Labute approximate surface area is 167 Å². The van der Waals surface area contributed by atoms with Gasteiger partial charge >= 0.3 is 0 Å². The third-order valence-corrected chi connectivity index (χ3v) is 5.35. The van der Waals surface area contributed by atoms with E-state index in [0.717, 1.165) is 52.8 Å². The highest BCUT2D eigenvalue weighted by Gasteiger charge is 2.19. The van der Waals surface area contributed by atoms with Crippen LogP contribution in [-0.2, 0) is 12.8 Å². The highest BCUT2D eigenvalue weighted by atomic mass is 16.5. The van der Waals surface area contributed by atoms with Crippen molar-refractivity contribution >= 4 is 11.0 Å². The van der Waals surface area contributed by atoms with Crippen molar-refractivity contribution in [1.82, 2.24) is 14.5 Å². The summed E-state index contributed by atoms with van der Waals surface area (Å²) in [6.07, 6.45) is 4.70. The second kappa shape index (κ2) is 8.74. The van der Waals surface area contributed by atoms with E-state index in [0.29, 0.717) is 12.5 Å². The van der Waals surface area contributed by atoms with Crippen molar-refractivity contribution in [3.05, 3.63) is 41.2 Å². The smallest absolute Gasteiger partial charge is 0.213 e. The highest BCUT2D eigenvalue weighted by Crippen LogP contribution is 2.33. The van der Waals surface area contributed by atoms with E-state index in [1.54, 1.807) is 0 Å². The van der Waals surface area contributed by atoms with Gasteiger partial charge < -0.3 is 14.4 Å². The predicted molar refractivity (Wildman–Crippen MR) is 114 cm³/mol. The summed E-state index contributed by atoms with van der Waals surface area (Å²) in [4.78, 5) is 9.78. The number of aliphatic hydroxyl groups excluding tert-OH is 1. The lowest BCUT2D eigenvalue weighted by Gasteiger charge is -2.17. The first-order chi connectivity index (χ1) is 13.6. The van der Waals surface area contributed by atoms with Crippen molar-refractivity contribution < 1.29 is 9.84 Å². The Bertz CT molecular complexity index is 958. The Hall–Kier alpha value is -2.40. The molecule has 0 amide bonds. The van der Waals surface area contributed by atoms with E-state index >= 15 is 0 Å². The molecule has 0 saturated carbocycles. The minimum atomic E-state index is 0.0758. The fourth-order valence-corrected chi connectivity index (χ4v) is 3.78. The summed E-state index contributed by atoms with van der Waals surface area (Å²) in [5, 5.41) is 9.78. The molecule has 3 aromatic heterocycles. The minimum absolute atomic E-state index is 0.0758. The summed E-state index contributed by atoms with van der Waals surface area (Å²) >= 11 is 0. The predicted octanol–water partition coefficient (Wildman–Crippen LogP) is 4.87. The molecular weight excluding hydrogens is 350 g/mol. The molecule has 3 heterocycles. The van der Waals surface area contributed by atoms with Gasteiger partial charge in [0.1, 0.15) is 0 Å². The van der Waals surface area contributed by atoms with E-state index in [4.69, 9.17) is 14.7 Å². The number of pyridine rings is 2. The van der Waals surface area contributed by atoms with Gasteiger partial charge in [-0.05, 0) is 56.4 Å². The van der Waals surface area contributed by atoms with Gasteiger partial charge in [0.15, 0.2) is 0 Å². The monoisotopic (exact) mass is 381 g/mol. The number of aryl methyl sites for hydroxylation is 3. The Kier molecular flexibility index (Phi) is 6.35. The molecule has 0 aliphatic heterocycles. The van der Waals surface area contributed by atoms with Crippen molar-refractivity contribution in [2.45, 2.75) is 59.9 Å². The maximum absolute atomic E-state index is 9.78. The third kappa shape index (κ3) is 3.63. The van der Waals surface area contributed by atoms with Crippen LogP contribution in [0.25, 0.3) is 22.3 Å². The molecule has 5 nitrogen and oxygen atoms in total. The van der Waals surface area contributed by atoms with Crippen LogP contribution in [0.4, 0.5) is 0 Å². The third-order valence-electron chi connectivity index (χ3n) is 5.35. The summed E-state index contributed by atoms with van der Waals surface area (Å²) in [5.41, 5.74) is 7.49. The van der Waals surface area contributed by atoms with E-state index in [9.17, 15) is 5.11 Å². The maximum Gasteiger partial charge on any atom is 0.213 e. The van der Waals surface area contributed by atoms with Crippen molar-refractivity contribution in [2.24, 2.45) is 0 Å². The summed E-state index contributed by atoms with van der Waals surface area (Å²) in [7, 11) is 0. The van der Waals surface area contributed by atoms with Gasteiger partial charge in [0.2, 0.25) is 5.88 Å². The number of ether oxygens (including phenoxy) is 1. The average molecular weight is 382 g/mol. The van der Waals surface area contributed by atoms with Gasteiger partial charge in [-0.2, -0.15) is 0 Å². The molecule has 0 fully saturated rings. The number of nitrogens with zero attached hydrogens (tertiary/aromatic N) is 3. The van der Waals surface area contributed by atoms with Crippen LogP contribution in [0.15, 0.2) is 24.4 Å². The zero-order valence-electron chi connectivity index (χ0n) is 17.6. The van der Waals surface area contributed by atoms with Crippen LogP contribution in [0.2, 0.25) is 0 Å². The van der Waals surface area contributed by atoms with Gasteiger partial charge in [0, 0.05) is 17.8 Å². The zero-order chi connectivity index (χ0) is 20.3. The molecule has 1 atom stereocenters. The molecule has 0 spiro atoms. The minimum Gasteiger partial charge on any atom is -0.478 e. The van der Waals surface area contributed by atoms with Crippen molar-refractivity contribution in [3.8, 4) is 17.1 Å². The molecule has 0 aliphatic carbocycles. The zero-order valence-corrected chi connectivity index (χ0v) is 17.6. The Morgan fingerprint density at radius 2 is 1.89 bits per heavy atom. The molecule has 1 N–H and O–H groups in total. The first kappa shape index (κ1) is 20.3. The van der Waals surface area contributed by atoms with Gasteiger partial charge in [-0.25, -0.2) is 9.97 Å². The van der Waals surface area contributed by atoms with E-state index in [1.807, 2.05) is 13.0 Å². The summed E-state index contributed by atoms with van der Waals surface area (Å²) in [6, 6.07) is 6.32. The van der Waals surface area contributed by atoms with Crippen molar-refractivity contribution in [1.29, 1.82) is 0 Å². The average Bonchev–Trinajstić information content (AvgIpc) is 3.03. The molecule has 0 bridgehead atoms. The summed E-state index contributed by atoms with van der Waals surface area (Å²) in [6.45, 7) is 11.2. The van der Waals surface area contributed by atoms with Gasteiger partial charge in [0.05, 0.1) is 41.7 Å². The molecule has 0 saturated heterocycles. The lowest BCUT2D eigenvalue weighted by Crippen LogP contribution is -2.11. The number of fused-ring (bicyclic) bond motifs is 1. The van der Waals surface area contributed by atoms with Crippen molar-refractivity contribution in [2.75, 3.05) is 13.2 Å². The van der Waals surface area contributed by atoms with Crippen LogP contribution in [0, 0.1) is 6.92 Å². The number of aliphatic hydroxyl groups is 1. The molecule has 0 aromatic carbocycles. The number of aromatic nitrogens is 3. The molecule has 150 valence electrons. The van der Waals surface area contributed by atoms with E-state index in [2.05, 4.69) is 50.6 Å². The number of hydrogen-bond acceptors (Lipinski definition) is 4. The molecule has 28 heavy (non-hydrogen) atoms. The summed E-state index contributed by atoms with van der Waals surface area (Å²) in [5.74, 6) is 0.665. The van der Waals surface area contributed by atoms with Crippen LogP contribution >= 0.6 is 0 Å². The maximum atomic E-state index is 9.78. The van der Waals surface area contributed by atoms with Crippen LogP contribution in [-0.4, -0.2) is 32.9 Å². The second-order valence-electron chi connectivity index (χ2n) is 7.11. The van der Waals surface area contributed by atoms with Crippen LogP contribution in [0.5, 0.6) is 5.88 Å². The van der Waals surface area contributed by atoms with Crippen LogP contribution < -0.4 is 4.74 Å². The largest absolute Gasteiger partial charge is 0.478 e. The van der Waals surface area contributed by atoms with E-state index in [-0.39, 0.29) is 12.6 Å². The van der Waals surface area contributed by atoms with Crippen molar-refractivity contribution in [3.63, 3.8) is 0 Å². The lowest BCUT2D eigenvalue weighted by molar-refractivity contribution is 0.227. The molecule has 0 unspecified atom stereocenters. The fraction of sp³-hybridized carbons (Fsp3) is 0.478. The summed E-state index contributed by atoms with van der Waals surface area (Å²) < 4.78 is 7.76. The number of hydrogen-bond donors (Lipinski definition) is 1. The molecule has 3 aromatic rings. The highest BCUT2D eigenvalue weighted by molar-refractivity contribution is 5.84. The van der Waals surface area contributed by atoms with E-state index in [1.165, 1.54) is 5.56 Å². The van der Waals surface area contributed by atoms with Gasteiger partial charge in [-0.3, -0.25) is 0 Å². The Morgan fingerprint density at radius 3 is 2.50 bits per heavy atom. The normalized spacial score (nSPS) is 12.5. The standard InChI is InChI=1S/C23H31N3O2/c1-6-16-12-20-22(15(5)13-26(20)17(7-2)14-27)25-23(16)18-10-11-21(28-9-4)24-19(18)8-3/h10-13,17,27H,6-9,14H2,1-5H3/t17-/m1/s1. The second-order valence-corrected chi connectivity index (χ2v) is 7.11. The van der Waals surface area contributed by atoms with Crippen LogP contribution in [0.1, 0.15) is 57.0 Å². The molecular formula is C23H31N3O2.